The van der Waals surface area contributed by atoms with Gasteiger partial charge in [-0.05, 0) is 48.9 Å². The average molecular weight is 301 g/mol. The van der Waals surface area contributed by atoms with Crippen LogP contribution in [0.3, 0.4) is 0 Å². The normalized spacial score (nSPS) is 11.5. The fourth-order valence-electron chi connectivity index (χ4n) is 1.96. The lowest BCUT2D eigenvalue weighted by atomic mass is 10.1. The van der Waals surface area contributed by atoms with Crippen molar-refractivity contribution in [3.05, 3.63) is 65.5 Å². The molecule has 114 valence electrons. The van der Waals surface area contributed by atoms with Gasteiger partial charge < -0.3 is 16.4 Å². The number of carbonyl (C=O) groups excluding carboxylic acids is 2. The van der Waals surface area contributed by atoms with Crippen LogP contribution in [-0.2, 0) is 0 Å². The molecule has 0 aliphatic heterocycles. The largest absolute Gasteiger partial charge is 0.351 e. The molecule has 0 saturated carbocycles. The summed E-state index contributed by atoms with van der Waals surface area (Å²) in [6.07, 6.45) is 0. The Morgan fingerprint density at radius 2 is 1.64 bits per heavy atom. The van der Waals surface area contributed by atoms with Crippen LogP contribution in [0, 0.1) is 5.82 Å². The summed E-state index contributed by atoms with van der Waals surface area (Å²) in [7, 11) is 0. The van der Waals surface area contributed by atoms with E-state index in [1.807, 2.05) is 6.92 Å². The fourth-order valence-corrected chi connectivity index (χ4v) is 1.96. The summed E-state index contributed by atoms with van der Waals surface area (Å²) in [6.45, 7) is 1.81. The van der Waals surface area contributed by atoms with E-state index < -0.39 is 6.03 Å². The number of hydrogen-bond acceptors (Lipinski definition) is 2. The van der Waals surface area contributed by atoms with Gasteiger partial charge in [-0.25, -0.2) is 9.18 Å². The Bertz CT molecular complexity index is 669. The van der Waals surface area contributed by atoms with Crippen molar-refractivity contribution in [1.82, 2.24) is 5.32 Å². The molecule has 0 unspecified atom stereocenters. The van der Waals surface area contributed by atoms with Crippen LogP contribution in [0.15, 0.2) is 48.5 Å². The van der Waals surface area contributed by atoms with Crippen molar-refractivity contribution in [3.63, 3.8) is 0 Å². The van der Waals surface area contributed by atoms with E-state index in [4.69, 9.17) is 5.73 Å². The number of nitrogens with two attached hydrogens (primary N) is 1. The molecule has 2 rings (SSSR count). The first-order valence-corrected chi connectivity index (χ1v) is 6.68. The average Bonchev–Trinajstić information content (AvgIpc) is 2.48. The van der Waals surface area contributed by atoms with Crippen LogP contribution in [0.5, 0.6) is 0 Å². The lowest BCUT2D eigenvalue weighted by Crippen LogP contribution is -2.26. The molecule has 22 heavy (non-hydrogen) atoms. The first kappa shape index (κ1) is 15.5. The van der Waals surface area contributed by atoms with E-state index in [-0.39, 0.29) is 17.8 Å². The van der Waals surface area contributed by atoms with Crippen LogP contribution in [-0.4, -0.2) is 11.9 Å². The minimum Gasteiger partial charge on any atom is -0.351 e. The second-order valence-electron chi connectivity index (χ2n) is 4.81. The van der Waals surface area contributed by atoms with Gasteiger partial charge in [0.2, 0.25) is 0 Å². The van der Waals surface area contributed by atoms with Gasteiger partial charge in [0.15, 0.2) is 0 Å². The van der Waals surface area contributed by atoms with Crippen LogP contribution in [0.1, 0.15) is 28.9 Å². The molecular weight excluding hydrogens is 285 g/mol. The molecule has 3 amide bonds. The number of benzene rings is 2. The monoisotopic (exact) mass is 301 g/mol. The minimum atomic E-state index is -0.665. The molecule has 0 bridgehead atoms. The van der Waals surface area contributed by atoms with Crippen molar-refractivity contribution in [2.75, 3.05) is 5.32 Å². The van der Waals surface area contributed by atoms with Crippen LogP contribution < -0.4 is 16.4 Å². The molecule has 0 saturated heterocycles. The van der Waals surface area contributed by atoms with Crippen LogP contribution in [0.2, 0.25) is 0 Å². The molecule has 2 aromatic rings. The summed E-state index contributed by atoms with van der Waals surface area (Å²) in [5, 5.41) is 5.23. The van der Waals surface area contributed by atoms with Crippen LogP contribution in [0.25, 0.3) is 0 Å². The molecule has 0 aromatic heterocycles. The first-order valence-electron chi connectivity index (χ1n) is 6.68. The van der Waals surface area contributed by atoms with Gasteiger partial charge in [0.1, 0.15) is 5.82 Å². The molecule has 0 aliphatic carbocycles. The Morgan fingerprint density at radius 3 is 2.18 bits per heavy atom. The zero-order chi connectivity index (χ0) is 16.1. The van der Waals surface area contributed by atoms with E-state index in [0.29, 0.717) is 11.3 Å². The van der Waals surface area contributed by atoms with Crippen molar-refractivity contribution < 1.29 is 14.0 Å². The van der Waals surface area contributed by atoms with E-state index in [1.54, 1.807) is 36.4 Å². The number of anilines is 1. The van der Waals surface area contributed by atoms with Gasteiger partial charge in [-0.1, -0.05) is 12.1 Å². The number of nitrogens with one attached hydrogen (secondary N) is 2. The molecule has 0 heterocycles. The van der Waals surface area contributed by atoms with E-state index in [9.17, 15) is 14.0 Å². The number of hydrogen-bond donors (Lipinski definition) is 3. The molecule has 1 atom stereocenters. The SMILES string of the molecule is C[C@@H](NC(=O)c1ccc(NC(N)=O)cc1)c1ccc(F)cc1. The summed E-state index contributed by atoms with van der Waals surface area (Å²) >= 11 is 0. The second-order valence-corrected chi connectivity index (χ2v) is 4.81. The lowest BCUT2D eigenvalue weighted by Gasteiger charge is -2.14. The standard InChI is InChI=1S/C16H16FN3O2/c1-10(11-2-6-13(17)7-3-11)19-15(21)12-4-8-14(9-5-12)20-16(18)22/h2-10H,1H3,(H,19,21)(H3,18,20,22)/t10-/m1/s1. The molecule has 4 N–H and O–H groups in total. The quantitative estimate of drug-likeness (QED) is 0.811. The summed E-state index contributed by atoms with van der Waals surface area (Å²) in [5.74, 6) is -0.581. The predicted molar refractivity (Wildman–Crippen MR) is 81.9 cm³/mol. The summed E-state index contributed by atoms with van der Waals surface area (Å²) in [6, 6.07) is 11.4. The third-order valence-electron chi connectivity index (χ3n) is 3.13. The molecule has 6 heteroatoms. The van der Waals surface area contributed by atoms with Crippen molar-refractivity contribution in [1.29, 1.82) is 0 Å². The third kappa shape index (κ3) is 4.05. The van der Waals surface area contributed by atoms with Gasteiger partial charge in [-0.15, -0.1) is 0 Å². The Hall–Kier alpha value is -2.89. The molecule has 5 nitrogen and oxygen atoms in total. The highest BCUT2D eigenvalue weighted by atomic mass is 19.1. The number of amides is 3. The van der Waals surface area contributed by atoms with Crippen molar-refractivity contribution in [3.8, 4) is 0 Å². The van der Waals surface area contributed by atoms with Gasteiger partial charge in [-0.2, -0.15) is 0 Å². The van der Waals surface area contributed by atoms with E-state index in [1.165, 1.54) is 12.1 Å². The van der Waals surface area contributed by atoms with Gasteiger partial charge >= 0.3 is 6.03 Å². The highest BCUT2D eigenvalue weighted by molar-refractivity contribution is 5.95. The fraction of sp³-hybridized carbons (Fsp3) is 0.125. The minimum absolute atomic E-state index is 0.253. The van der Waals surface area contributed by atoms with Gasteiger partial charge in [-0.3, -0.25) is 4.79 Å². The molecule has 0 fully saturated rings. The second kappa shape index (κ2) is 6.71. The Kier molecular flexibility index (Phi) is 4.73. The number of halogens is 1. The van der Waals surface area contributed by atoms with E-state index in [0.717, 1.165) is 5.56 Å². The van der Waals surface area contributed by atoms with Crippen molar-refractivity contribution >= 4 is 17.6 Å². The Balaban J connectivity index is 2.02. The molecule has 0 radical (unpaired) electrons. The maximum Gasteiger partial charge on any atom is 0.316 e. The lowest BCUT2D eigenvalue weighted by molar-refractivity contribution is 0.0940. The molecule has 0 spiro atoms. The number of primary amides is 1. The molecular formula is C16H16FN3O2. The van der Waals surface area contributed by atoms with E-state index >= 15 is 0 Å². The van der Waals surface area contributed by atoms with Gasteiger partial charge in [0, 0.05) is 11.3 Å². The zero-order valence-electron chi connectivity index (χ0n) is 12.0. The van der Waals surface area contributed by atoms with Crippen molar-refractivity contribution in [2.45, 2.75) is 13.0 Å². The summed E-state index contributed by atoms with van der Waals surface area (Å²) in [5.41, 5.74) is 6.77. The van der Waals surface area contributed by atoms with Crippen molar-refractivity contribution in [2.24, 2.45) is 5.73 Å². The molecule has 0 aliphatic rings. The Labute approximate surface area is 127 Å². The van der Waals surface area contributed by atoms with Crippen LogP contribution >= 0.6 is 0 Å². The first-order chi connectivity index (χ1) is 10.5. The predicted octanol–water partition coefficient (Wildman–Crippen LogP) is 2.81. The van der Waals surface area contributed by atoms with Crippen LogP contribution in [0.4, 0.5) is 14.9 Å². The maximum atomic E-state index is 12.9. The maximum absolute atomic E-state index is 12.9. The summed E-state index contributed by atoms with van der Waals surface area (Å²) < 4.78 is 12.9. The topological polar surface area (TPSA) is 84.2 Å². The van der Waals surface area contributed by atoms with Gasteiger partial charge in [0.25, 0.3) is 5.91 Å². The molecule has 2 aromatic carbocycles. The summed E-state index contributed by atoms with van der Waals surface area (Å²) in [4.78, 5) is 22.9. The highest BCUT2D eigenvalue weighted by Crippen LogP contribution is 2.15. The highest BCUT2D eigenvalue weighted by Gasteiger charge is 2.11. The zero-order valence-corrected chi connectivity index (χ0v) is 12.0. The van der Waals surface area contributed by atoms with Gasteiger partial charge in [0.05, 0.1) is 6.04 Å². The van der Waals surface area contributed by atoms with E-state index in [2.05, 4.69) is 10.6 Å². The number of urea groups is 1. The third-order valence-corrected chi connectivity index (χ3v) is 3.13. The Morgan fingerprint density at radius 1 is 1.05 bits per heavy atom. The smallest absolute Gasteiger partial charge is 0.316 e. The number of carbonyl (C=O) groups is 2. The number of rotatable bonds is 4.